The fourth-order valence-electron chi connectivity index (χ4n) is 3.28. The molecule has 4 rings (SSSR count). The predicted molar refractivity (Wildman–Crippen MR) is 118 cm³/mol. The Hall–Kier alpha value is -2.97. The molecule has 0 bridgehead atoms. The van der Waals surface area contributed by atoms with E-state index in [9.17, 15) is 0 Å². The molecule has 0 aliphatic heterocycles. The van der Waals surface area contributed by atoms with Crippen LogP contribution in [0.15, 0.2) is 115 Å². The number of hydrogen-bond acceptors (Lipinski definition) is 1. The standard InChI is InChI=1S/C25H21NS/c1-2-19-27-25-16-10-9-15-24(25)26-22(20-11-5-3-6-12-20)17-18-23(26)21-13-7-4-8-14-21/h2-18H,1,19H2. The van der Waals surface area contributed by atoms with Gasteiger partial charge in [-0.1, -0.05) is 78.9 Å². The SMILES string of the molecule is C=CCSc1ccccc1-n1c(-c2ccccc2)ccc1-c1ccccc1. The third-order valence-corrected chi connectivity index (χ3v) is 5.54. The number of benzene rings is 3. The third-order valence-electron chi connectivity index (χ3n) is 4.48. The zero-order valence-electron chi connectivity index (χ0n) is 15.1. The van der Waals surface area contributed by atoms with E-state index in [2.05, 4.69) is 108 Å². The minimum absolute atomic E-state index is 0.889. The minimum Gasteiger partial charge on any atom is -0.308 e. The molecule has 0 N–H and O–H groups in total. The fraction of sp³-hybridized carbons (Fsp3) is 0.0400. The van der Waals surface area contributed by atoms with Gasteiger partial charge in [-0.2, -0.15) is 0 Å². The summed E-state index contributed by atoms with van der Waals surface area (Å²) in [5.41, 5.74) is 6.01. The van der Waals surface area contributed by atoms with Crippen LogP contribution in [0, 0.1) is 0 Å². The van der Waals surface area contributed by atoms with Gasteiger partial charge in [0.1, 0.15) is 0 Å². The Morgan fingerprint density at radius 3 is 1.74 bits per heavy atom. The Balaban J connectivity index is 1.95. The first-order valence-electron chi connectivity index (χ1n) is 9.04. The molecule has 0 radical (unpaired) electrons. The molecule has 0 atom stereocenters. The Bertz CT molecular complexity index is 975. The molecule has 1 aromatic heterocycles. The second-order valence-corrected chi connectivity index (χ2v) is 7.30. The molecule has 27 heavy (non-hydrogen) atoms. The van der Waals surface area contributed by atoms with Crippen LogP contribution in [0.4, 0.5) is 0 Å². The van der Waals surface area contributed by atoms with Crippen LogP contribution in [-0.4, -0.2) is 10.3 Å². The molecule has 4 aromatic rings. The van der Waals surface area contributed by atoms with Gasteiger partial charge in [-0.15, -0.1) is 18.3 Å². The van der Waals surface area contributed by atoms with Gasteiger partial charge >= 0.3 is 0 Å². The molecule has 0 aliphatic rings. The molecule has 0 amide bonds. The van der Waals surface area contributed by atoms with E-state index in [1.165, 1.54) is 33.1 Å². The third kappa shape index (κ3) is 3.62. The highest BCUT2D eigenvalue weighted by Gasteiger charge is 2.15. The second kappa shape index (κ2) is 8.15. The molecule has 132 valence electrons. The van der Waals surface area contributed by atoms with Crippen molar-refractivity contribution in [1.82, 2.24) is 4.57 Å². The van der Waals surface area contributed by atoms with Crippen molar-refractivity contribution in [1.29, 1.82) is 0 Å². The highest BCUT2D eigenvalue weighted by Crippen LogP contribution is 2.36. The van der Waals surface area contributed by atoms with Crippen molar-refractivity contribution in [3.05, 3.63) is 110 Å². The van der Waals surface area contributed by atoms with E-state index in [-0.39, 0.29) is 0 Å². The summed E-state index contributed by atoms with van der Waals surface area (Å²) >= 11 is 1.81. The van der Waals surface area contributed by atoms with E-state index in [1.807, 2.05) is 17.8 Å². The van der Waals surface area contributed by atoms with E-state index in [0.717, 1.165) is 5.75 Å². The van der Waals surface area contributed by atoms with Crippen LogP contribution in [0.5, 0.6) is 0 Å². The Kier molecular flexibility index (Phi) is 5.27. The van der Waals surface area contributed by atoms with Crippen LogP contribution in [0.1, 0.15) is 0 Å². The van der Waals surface area contributed by atoms with Crippen molar-refractivity contribution < 1.29 is 0 Å². The van der Waals surface area contributed by atoms with Crippen molar-refractivity contribution in [2.75, 3.05) is 5.75 Å². The smallest absolute Gasteiger partial charge is 0.0598 e. The van der Waals surface area contributed by atoms with Crippen molar-refractivity contribution in [2.45, 2.75) is 4.90 Å². The van der Waals surface area contributed by atoms with Gasteiger partial charge in [-0.05, 0) is 35.4 Å². The van der Waals surface area contributed by atoms with Gasteiger partial charge in [0.15, 0.2) is 0 Å². The lowest BCUT2D eigenvalue weighted by Crippen LogP contribution is -2.01. The maximum atomic E-state index is 3.87. The minimum atomic E-state index is 0.889. The van der Waals surface area contributed by atoms with Gasteiger partial charge in [0.25, 0.3) is 0 Å². The summed E-state index contributed by atoms with van der Waals surface area (Å²) < 4.78 is 2.37. The first-order chi connectivity index (χ1) is 13.4. The summed E-state index contributed by atoms with van der Waals surface area (Å²) in [4.78, 5) is 1.25. The first kappa shape index (κ1) is 17.4. The zero-order chi connectivity index (χ0) is 18.5. The monoisotopic (exact) mass is 367 g/mol. The lowest BCUT2D eigenvalue weighted by molar-refractivity contribution is 1.06. The van der Waals surface area contributed by atoms with E-state index in [1.54, 1.807) is 0 Å². The van der Waals surface area contributed by atoms with Gasteiger partial charge < -0.3 is 4.57 Å². The van der Waals surface area contributed by atoms with E-state index in [4.69, 9.17) is 0 Å². The Morgan fingerprint density at radius 1 is 0.667 bits per heavy atom. The topological polar surface area (TPSA) is 4.93 Å². The summed E-state index contributed by atoms with van der Waals surface area (Å²) in [5, 5.41) is 0. The molecule has 2 heteroatoms. The fourth-order valence-corrected chi connectivity index (χ4v) is 4.06. The molecular weight excluding hydrogens is 346 g/mol. The highest BCUT2D eigenvalue weighted by molar-refractivity contribution is 7.99. The molecule has 3 aromatic carbocycles. The largest absolute Gasteiger partial charge is 0.308 e. The van der Waals surface area contributed by atoms with E-state index < -0.39 is 0 Å². The predicted octanol–water partition coefficient (Wildman–Crippen LogP) is 7.09. The molecule has 1 nitrogen and oxygen atoms in total. The first-order valence-corrected chi connectivity index (χ1v) is 10.0. The van der Waals surface area contributed by atoms with Crippen molar-refractivity contribution >= 4 is 11.8 Å². The maximum absolute atomic E-state index is 3.87. The molecular formula is C25H21NS. The molecule has 0 saturated carbocycles. The average molecular weight is 368 g/mol. The maximum Gasteiger partial charge on any atom is 0.0598 e. The van der Waals surface area contributed by atoms with Gasteiger partial charge in [0, 0.05) is 10.6 Å². The van der Waals surface area contributed by atoms with Gasteiger partial charge in [-0.25, -0.2) is 0 Å². The number of thioether (sulfide) groups is 1. The Labute approximate surface area is 165 Å². The summed E-state index contributed by atoms with van der Waals surface area (Å²) in [5.74, 6) is 0.889. The summed E-state index contributed by atoms with van der Waals surface area (Å²) in [6.45, 7) is 3.87. The van der Waals surface area contributed by atoms with Crippen LogP contribution < -0.4 is 0 Å². The van der Waals surface area contributed by atoms with Crippen LogP contribution in [0.2, 0.25) is 0 Å². The second-order valence-electron chi connectivity index (χ2n) is 6.24. The zero-order valence-corrected chi connectivity index (χ0v) is 15.9. The molecule has 0 unspecified atom stereocenters. The number of hydrogen-bond donors (Lipinski definition) is 0. The quantitative estimate of drug-likeness (QED) is 0.260. The number of para-hydroxylation sites is 1. The molecule has 0 spiro atoms. The number of nitrogens with zero attached hydrogens (tertiary/aromatic N) is 1. The molecule has 1 heterocycles. The molecule has 0 saturated heterocycles. The molecule has 0 aliphatic carbocycles. The summed E-state index contributed by atoms with van der Waals surface area (Å²) in [6, 6.07) is 34.2. The lowest BCUT2D eigenvalue weighted by atomic mass is 10.1. The summed E-state index contributed by atoms with van der Waals surface area (Å²) in [7, 11) is 0. The van der Waals surface area contributed by atoms with Gasteiger partial charge in [0.2, 0.25) is 0 Å². The highest BCUT2D eigenvalue weighted by atomic mass is 32.2. The van der Waals surface area contributed by atoms with Crippen molar-refractivity contribution in [3.8, 4) is 28.2 Å². The van der Waals surface area contributed by atoms with Gasteiger partial charge in [-0.3, -0.25) is 0 Å². The average Bonchev–Trinajstić information content (AvgIpc) is 3.18. The van der Waals surface area contributed by atoms with E-state index in [0.29, 0.717) is 0 Å². The number of rotatable bonds is 6. The number of aromatic nitrogens is 1. The van der Waals surface area contributed by atoms with Crippen LogP contribution in [-0.2, 0) is 0 Å². The van der Waals surface area contributed by atoms with Crippen LogP contribution >= 0.6 is 11.8 Å². The van der Waals surface area contributed by atoms with Gasteiger partial charge in [0.05, 0.1) is 17.1 Å². The Morgan fingerprint density at radius 2 is 1.19 bits per heavy atom. The molecule has 0 fully saturated rings. The van der Waals surface area contributed by atoms with Crippen molar-refractivity contribution in [3.63, 3.8) is 0 Å². The summed E-state index contributed by atoms with van der Waals surface area (Å²) in [6.07, 6.45) is 1.95. The van der Waals surface area contributed by atoms with Crippen molar-refractivity contribution in [2.24, 2.45) is 0 Å². The van der Waals surface area contributed by atoms with Crippen LogP contribution in [0.3, 0.4) is 0 Å². The normalized spacial score (nSPS) is 10.7. The lowest BCUT2D eigenvalue weighted by Gasteiger charge is -2.17. The van der Waals surface area contributed by atoms with E-state index >= 15 is 0 Å². The van der Waals surface area contributed by atoms with Crippen LogP contribution in [0.25, 0.3) is 28.2 Å².